The lowest BCUT2D eigenvalue weighted by atomic mass is 9.92. The molecule has 4 heterocycles. The van der Waals surface area contributed by atoms with Crippen LogP contribution in [-0.4, -0.2) is 43.9 Å². The van der Waals surface area contributed by atoms with E-state index in [1.54, 1.807) is 0 Å². The topological polar surface area (TPSA) is 80.9 Å². The minimum absolute atomic E-state index is 0.151. The second-order valence-corrected chi connectivity index (χ2v) is 7.15. The van der Waals surface area contributed by atoms with Gasteiger partial charge in [-0.05, 0) is 30.9 Å². The van der Waals surface area contributed by atoms with Crippen molar-refractivity contribution in [1.29, 1.82) is 5.26 Å². The van der Waals surface area contributed by atoms with Crippen LogP contribution < -0.4 is 0 Å². The molecule has 6 heteroatoms. The Bertz CT molecular complexity index is 950. The third-order valence-electron chi connectivity index (χ3n) is 5.58. The SMILES string of the molecule is Cc1c[nH]c2ncc3ccn([C@@H]4CN(C(O)CC#N)CC[C@@H]4C)c3c12. The van der Waals surface area contributed by atoms with E-state index in [1.807, 2.05) is 17.3 Å². The summed E-state index contributed by atoms with van der Waals surface area (Å²) in [6.07, 6.45) is 6.53. The molecule has 0 amide bonds. The summed E-state index contributed by atoms with van der Waals surface area (Å²) in [4.78, 5) is 9.79. The number of aliphatic hydroxyl groups is 1. The summed E-state index contributed by atoms with van der Waals surface area (Å²) in [7, 11) is 0. The third kappa shape index (κ3) is 2.60. The van der Waals surface area contributed by atoms with Gasteiger partial charge in [0.15, 0.2) is 0 Å². The molecular formula is C19H23N5O. The van der Waals surface area contributed by atoms with Crippen molar-refractivity contribution in [3.8, 4) is 6.07 Å². The van der Waals surface area contributed by atoms with Crippen LogP contribution in [0.3, 0.4) is 0 Å². The van der Waals surface area contributed by atoms with Gasteiger partial charge in [0.25, 0.3) is 0 Å². The van der Waals surface area contributed by atoms with E-state index in [2.05, 4.69) is 46.7 Å². The highest BCUT2D eigenvalue weighted by molar-refractivity contribution is 6.04. The highest BCUT2D eigenvalue weighted by atomic mass is 16.3. The van der Waals surface area contributed by atoms with E-state index in [4.69, 9.17) is 5.26 Å². The molecule has 4 rings (SSSR count). The molecule has 0 aliphatic carbocycles. The zero-order valence-electron chi connectivity index (χ0n) is 14.6. The number of likely N-dealkylation sites (tertiary alicyclic amines) is 1. The van der Waals surface area contributed by atoms with Gasteiger partial charge in [-0.2, -0.15) is 5.26 Å². The van der Waals surface area contributed by atoms with Crippen LogP contribution in [0.2, 0.25) is 0 Å². The number of aromatic nitrogens is 3. The number of aliphatic hydroxyl groups excluding tert-OH is 1. The standard InChI is InChI=1S/C19H23N5O/c1-12-4-7-23(16(25)3-6-20)11-15(12)24-8-5-14-10-22-19-17(18(14)24)13(2)9-21-19/h5,8-10,12,15-16,25H,3-4,7,11H2,1-2H3,(H,21,22)/t12-,15+,16?/m0/s1. The number of piperidine rings is 1. The van der Waals surface area contributed by atoms with Crippen molar-refractivity contribution in [2.75, 3.05) is 13.1 Å². The van der Waals surface area contributed by atoms with Crippen LogP contribution in [0.25, 0.3) is 21.9 Å². The Kier molecular flexibility index (Phi) is 3.98. The van der Waals surface area contributed by atoms with Crippen LogP contribution in [-0.2, 0) is 0 Å². The van der Waals surface area contributed by atoms with Gasteiger partial charge in [0.2, 0.25) is 0 Å². The van der Waals surface area contributed by atoms with E-state index in [1.165, 1.54) is 16.5 Å². The number of hydrogen-bond donors (Lipinski definition) is 2. The van der Waals surface area contributed by atoms with E-state index in [0.29, 0.717) is 5.92 Å². The first kappa shape index (κ1) is 16.1. The number of aromatic amines is 1. The zero-order valence-corrected chi connectivity index (χ0v) is 14.6. The number of aryl methyl sites for hydroxylation is 1. The maximum atomic E-state index is 10.3. The Morgan fingerprint density at radius 2 is 2.36 bits per heavy atom. The molecule has 1 aliphatic heterocycles. The number of fused-ring (bicyclic) bond motifs is 3. The smallest absolute Gasteiger partial charge is 0.139 e. The summed E-state index contributed by atoms with van der Waals surface area (Å²) >= 11 is 0. The molecule has 1 unspecified atom stereocenters. The second kappa shape index (κ2) is 6.17. The van der Waals surface area contributed by atoms with Crippen molar-refractivity contribution in [3.05, 3.63) is 30.2 Å². The van der Waals surface area contributed by atoms with Gasteiger partial charge in [0.05, 0.1) is 18.0 Å². The van der Waals surface area contributed by atoms with E-state index < -0.39 is 6.23 Å². The minimum Gasteiger partial charge on any atom is -0.377 e. The van der Waals surface area contributed by atoms with Gasteiger partial charge >= 0.3 is 0 Å². The largest absolute Gasteiger partial charge is 0.377 e. The fourth-order valence-corrected chi connectivity index (χ4v) is 4.08. The predicted octanol–water partition coefficient (Wildman–Crippen LogP) is 2.94. The van der Waals surface area contributed by atoms with Gasteiger partial charge in [0.1, 0.15) is 11.9 Å². The lowest BCUT2D eigenvalue weighted by Crippen LogP contribution is -2.45. The molecule has 3 aromatic rings. The van der Waals surface area contributed by atoms with Crippen LogP contribution >= 0.6 is 0 Å². The summed E-state index contributed by atoms with van der Waals surface area (Å²) < 4.78 is 2.34. The van der Waals surface area contributed by atoms with E-state index in [0.717, 1.165) is 30.5 Å². The summed E-state index contributed by atoms with van der Waals surface area (Å²) in [5, 5.41) is 21.4. The number of nitrogens with zero attached hydrogens (tertiary/aromatic N) is 4. The van der Waals surface area contributed by atoms with Gasteiger partial charge < -0.3 is 14.7 Å². The van der Waals surface area contributed by atoms with E-state index in [9.17, 15) is 5.11 Å². The quantitative estimate of drug-likeness (QED) is 0.770. The molecule has 3 aromatic heterocycles. The van der Waals surface area contributed by atoms with Crippen molar-refractivity contribution in [1.82, 2.24) is 19.4 Å². The average Bonchev–Trinajstić information content (AvgIpc) is 3.19. The number of hydrogen-bond acceptors (Lipinski definition) is 4. The molecule has 6 nitrogen and oxygen atoms in total. The highest BCUT2D eigenvalue weighted by Gasteiger charge is 2.31. The normalized spacial score (nSPS) is 23.1. The van der Waals surface area contributed by atoms with Crippen LogP contribution in [0.5, 0.6) is 0 Å². The molecule has 1 aliphatic rings. The van der Waals surface area contributed by atoms with Gasteiger partial charge in [-0.25, -0.2) is 4.98 Å². The lowest BCUT2D eigenvalue weighted by Gasteiger charge is -2.40. The maximum Gasteiger partial charge on any atom is 0.139 e. The van der Waals surface area contributed by atoms with E-state index >= 15 is 0 Å². The molecule has 0 spiro atoms. The molecule has 0 radical (unpaired) electrons. The molecule has 2 N–H and O–H groups in total. The monoisotopic (exact) mass is 337 g/mol. The van der Waals surface area contributed by atoms with Crippen LogP contribution in [0.4, 0.5) is 0 Å². The van der Waals surface area contributed by atoms with Crippen LogP contribution in [0.1, 0.15) is 31.4 Å². The first-order valence-electron chi connectivity index (χ1n) is 8.82. The Morgan fingerprint density at radius 1 is 1.52 bits per heavy atom. The average molecular weight is 337 g/mol. The molecule has 0 aromatic carbocycles. The fraction of sp³-hybridized carbons (Fsp3) is 0.474. The first-order chi connectivity index (χ1) is 12.1. The summed E-state index contributed by atoms with van der Waals surface area (Å²) in [6, 6.07) is 4.45. The van der Waals surface area contributed by atoms with Crippen molar-refractivity contribution in [2.24, 2.45) is 5.92 Å². The van der Waals surface area contributed by atoms with Gasteiger partial charge in [-0.1, -0.05) is 6.92 Å². The molecular weight excluding hydrogens is 314 g/mol. The van der Waals surface area contributed by atoms with E-state index in [-0.39, 0.29) is 12.5 Å². The number of nitriles is 1. The van der Waals surface area contributed by atoms with Gasteiger partial charge in [-0.3, -0.25) is 4.90 Å². The summed E-state index contributed by atoms with van der Waals surface area (Å²) in [5.74, 6) is 0.503. The minimum atomic E-state index is -0.683. The predicted molar refractivity (Wildman–Crippen MR) is 97.0 cm³/mol. The molecule has 0 saturated carbocycles. The molecule has 3 atom stereocenters. The third-order valence-corrected chi connectivity index (χ3v) is 5.58. The Morgan fingerprint density at radius 3 is 3.16 bits per heavy atom. The van der Waals surface area contributed by atoms with Gasteiger partial charge in [-0.15, -0.1) is 0 Å². The maximum absolute atomic E-state index is 10.3. The van der Waals surface area contributed by atoms with Crippen LogP contribution in [0, 0.1) is 24.2 Å². The molecule has 25 heavy (non-hydrogen) atoms. The molecule has 0 bridgehead atoms. The van der Waals surface area contributed by atoms with Crippen molar-refractivity contribution in [3.63, 3.8) is 0 Å². The number of rotatable bonds is 3. The summed E-state index contributed by atoms with van der Waals surface area (Å²) in [5.41, 5.74) is 3.31. The Labute approximate surface area is 146 Å². The molecule has 1 fully saturated rings. The van der Waals surface area contributed by atoms with Crippen molar-refractivity contribution in [2.45, 2.75) is 39.0 Å². The first-order valence-corrected chi connectivity index (χ1v) is 8.82. The Hall–Kier alpha value is -2.36. The summed E-state index contributed by atoms with van der Waals surface area (Å²) in [6.45, 7) is 5.96. The molecule has 130 valence electrons. The number of H-pyrrole nitrogens is 1. The lowest BCUT2D eigenvalue weighted by molar-refractivity contribution is -0.0269. The van der Waals surface area contributed by atoms with Gasteiger partial charge in [0, 0.05) is 48.5 Å². The van der Waals surface area contributed by atoms with Crippen LogP contribution in [0.15, 0.2) is 24.7 Å². The number of nitrogens with one attached hydrogen (secondary N) is 1. The molecule has 1 saturated heterocycles. The fourth-order valence-electron chi connectivity index (χ4n) is 4.08. The Balaban J connectivity index is 1.79. The number of pyridine rings is 1. The second-order valence-electron chi connectivity index (χ2n) is 7.15. The highest BCUT2D eigenvalue weighted by Crippen LogP contribution is 2.35. The van der Waals surface area contributed by atoms with Crippen molar-refractivity contribution < 1.29 is 5.11 Å². The van der Waals surface area contributed by atoms with Crippen molar-refractivity contribution >= 4 is 21.9 Å². The zero-order chi connectivity index (χ0) is 17.6.